The Morgan fingerprint density at radius 2 is 2.26 bits per heavy atom. The fraction of sp³-hybridized carbons (Fsp3) is 0.692. The zero-order valence-corrected chi connectivity index (χ0v) is 11.5. The lowest BCUT2D eigenvalue weighted by molar-refractivity contribution is -0.0859. The summed E-state index contributed by atoms with van der Waals surface area (Å²) >= 11 is 0. The smallest absolute Gasteiger partial charge is 0.259 e. The summed E-state index contributed by atoms with van der Waals surface area (Å²) in [7, 11) is 0. The number of rotatable bonds is 3. The highest BCUT2D eigenvalue weighted by Gasteiger charge is 2.31. The van der Waals surface area contributed by atoms with Crippen molar-refractivity contribution in [1.29, 1.82) is 0 Å². The molecule has 6 heteroatoms. The van der Waals surface area contributed by atoms with E-state index in [0.717, 1.165) is 0 Å². The molecular weight excluding hydrogens is 248 g/mol. The second kappa shape index (κ2) is 5.71. The molecule has 1 amide bonds. The molecule has 0 aromatic carbocycles. The van der Waals surface area contributed by atoms with E-state index < -0.39 is 0 Å². The molecule has 1 aromatic rings. The fourth-order valence-corrected chi connectivity index (χ4v) is 2.40. The van der Waals surface area contributed by atoms with Crippen molar-refractivity contribution in [3.05, 3.63) is 17.0 Å². The summed E-state index contributed by atoms with van der Waals surface area (Å²) in [6.45, 7) is 6.40. The molecule has 2 heterocycles. The van der Waals surface area contributed by atoms with Gasteiger partial charge in [0.2, 0.25) is 0 Å². The van der Waals surface area contributed by atoms with Crippen LogP contribution in [0.15, 0.2) is 4.52 Å². The first kappa shape index (κ1) is 14.0. The number of ether oxygens (including phenoxy) is 1. The quantitative estimate of drug-likeness (QED) is 0.876. The second-order valence-corrected chi connectivity index (χ2v) is 4.88. The number of carbonyl (C=O) groups excluding carboxylic acids is 1. The minimum atomic E-state index is -0.321. The Labute approximate surface area is 112 Å². The van der Waals surface area contributed by atoms with Crippen LogP contribution in [-0.4, -0.2) is 53.0 Å². The first-order valence-corrected chi connectivity index (χ1v) is 6.57. The molecule has 6 nitrogen and oxygen atoms in total. The lowest BCUT2D eigenvalue weighted by Crippen LogP contribution is -2.50. The lowest BCUT2D eigenvalue weighted by Gasteiger charge is -2.36. The van der Waals surface area contributed by atoms with Gasteiger partial charge in [-0.3, -0.25) is 4.79 Å². The molecule has 2 rings (SSSR count). The molecule has 1 N–H and O–H groups in total. The third-order valence-corrected chi connectivity index (χ3v) is 3.30. The van der Waals surface area contributed by atoms with E-state index in [1.165, 1.54) is 0 Å². The standard InChI is InChI=1S/C13H20N2O4/c1-4-11-12(9(3)19-14-11)13(17)15-5-8(2)18-10(6-15)7-16/h8,10,16H,4-7H2,1-3H3. The predicted octanol–water partition coefficient (Wildman–Crippen LogP) is 0.767. The summed E-state index contributed by atoms with van der Waals surface area (Å²) in [6, 6.07) is 0. The summed E-state index contributed by atoms with van der Waals surface area (Å²) in [6.07, 6.45) is 0.250. The van der Waals surface area contributed by atoms with Gasteiger partial charge < -0.3 is 19.3 Å². The van der Waals surface area contributed by atoms with Crippen LogP contribution in [0.1, 0.15) is 35.7 Å². The van der Waals surface area contributed by atoms with Crippen molar-refractivity contribution < 1.29 is 19.2 Å². The first-order chi connectivity index (χ1) is 9.06. The Morgan fingerprint density at radius 3 is 2.89 bits per heavy atom. The van der Waals surface area contributed by atoms with E-state index in [2.05, 4.69) is 5.16 Å². The second-order valence-electron chi connectivity index (χ2n) is 4.88. The number of nitrogens with zero attached hydrogens (tertiary/aromatic N) is 2. The van der Waals surface area contributed by atoms with Gasteiger partial charge in [0, 0.05) is 13.1 Å². The molecule has 0 aliphatic carbocycles. The Morgan fingerprint density at radius 1 is 1.53 bits per heavy atom. The van der Waals surface area contributed by atoms with Gasteiger partial charge in [-0.1, -0.05) is 12.1 Å². The molecule has 1 aromatic heterocycles. The summed E-state index contributed by atoms with van der Waals surface area (Å²) in [4.78, 5) is 14.3. The van der Waals surface area contributed by atoms with Gasteiger partial charge in [-0.15, -0.1) is 0 Å². The number of morpholine rings is 1. The van der Waals surface area contributed by atoms with Crippen LogP contribution >= 0.6 is 0 Å². The van der Waals surface area contributed by atoms with E-state index in [9.17, 15) is 9.90 Å². The SMILES string of the molecule is CCc1noc(C)c1C(=O)N1CC(C)OC(CO)C1. The molecule has 2 atom stereocenters. The maximum absolute atomic E-state index is 12.6. The van der Waals surface area contributed by atoms with E-state index in [4.69, 9.17) is 9.26 Å². The van der Waals surface area contributed by atoms with Gasteiger partial charge in [-0.25, -0.2) is 0 Å². The van der Waals surface area contributed by atoms with Crippen LogP contribution in [0.4, 0.5) is 0 Å². The minimum Gasteiger partial charge on any atom is -0.394 e. The Balaban J connectivity index is 2.21. The maximum atomic E-state index is 12.6. The van der Waals surface area contributed by atoms with Gasteiger partial charge in [-0.05, 0) is 20.3 Å². The molecule has 1 fully saturated rings. The maximum Gasteiger partial charge on any atom is 0.259 e. The molecule has 0 saturated carbocycles. The van der Waals surface area contributed by atoms with Crippen molar-refractivity contribution in [1.82, 2.24) is 10.1 Å². The van der Waals surface area contributed by atoms with E-state index in [0.29, 0.717) is 36.5 Å². The van der Waals surface area contributed by atoms with Crippen molar-refractivity contribution in [2.45, 2.75) is 39.4 Å². The van der Waals surface area contributed by atoms with Gasteiger partial charge in [0.1, 0.15) is 11.3 Å². The average molecular weight is 268 g/mol. The molecule has 1 aliphatic heterocycles. The molecule has 106 valence electrons. The monoisotopic (exact) mass is 268 g/mol. The van der Waals surface area contributed by atoms with Crippen molar-refractivity contribution in [3.63, 3.8) is 0 Å². The Hall–Kier alpha value is -1.40. The average Bonchev–Trinajstić information content (AvgIpc) is 2.78. The number of aryl methyl sites for hydroxylation is 2. The topological polar surface area (TPSA) is 75.8 Å². The van der Waals surface area contributed by atoms with Crippen LogP contribution in [0.25, 0.3) is 0 Å². The number of hydrogen-bond donors (Lipinski definition) is 1. The lowest BCUT2D eigenvalue weighted by atomic mass is 10.1. The van der Waals surface area contributed by atoms with Crippen LogP contribution in [0.3, 0.4) is 0 Å². The molecule has 1 aliphatic rings. The minimum absolute atomic E-state index is 0.0832. The third-order valence-electron chi connectivity index (χ3n) is 3.30. The predicted molar refractivity (Wildman–Crippen MR) is 67.9 cm³/mol. The summed E-state index contributed by atoms with van der Waals surface area (Å²) in [5.41, 5.74) is 1.23. The highest BCUT2D eigenvalue weighted by atomic mass is 16.5. The zero-order valence-electron chi connectivity index (χ0n) is 11.5. The molecule has 19 heavy (non-hydrogen) atoms. The van der Waals surface area contributed by atoms with Crippen LogP contribution in [0.5, 0.6) is 0 Å². The van der Waals surface area contributed by atoms with Crippen LogP contribution in [0, 0.1) is 6.92 Å². The van der Waals surface area contributed by atoms with Crippen LogP contribution < -0.4 is 0 Å². The molecule has 0 spiro atoms. The fourth-order valence-electron chi connectivity index (χ4n) is 2.40. The normalized spacial score (nSPS) is 23.7. The van der Waals surface area contributed by atoms with Gasteiger partial charge >= 0.3 is 0 Å². The summed E-state index contributed by atoms with van der Waals surface area (Å²) < 4.78 is 10.6. The summed E-state index contributed by atoms with van der Waals surface area (Å²) in [5, 5.41) is 13.1. The first-order valence-electron chi connectivity index (χ1n) is 6.57. The number of amides is 1. The van der Waals surface area contributed by atoms with Crippen molar-refractivity contribution in [3.8, 4) is 0 Å². The van der Waals surface area contributed by atoms with Crippen molar-refractivity contribution in [2.24, 2.45) is 0 Å². The number of aliphatic hydroxyl groups excluding tert-OH is 1. The summed E-state index contributed by atoms with van der Waals surface area (Å²) in [5.74, 6) is 0.450. The zero-order chi connectivity index (χ0) is 14.0. The molecule has 2 unspecified atom stereocenters. The molecule has 0 radical (unpaired) electrons. The van der Waals surface area contributed by atoms with E-state index >= 15 is 0 Å². The van der Waals surface area contributed by atoms with Crippen LogP contribution in [0.2, 0.25) is 0 Å². The van der Waals surface area contributed by atoms with Gasteiger partial charge in [0.25, 0.3) is 5.91 Å². The van der Waals surface area contributed by atoms with Gasteiger partial charge in [0.05, 0.1) is 24.5 Å². The molecule has 1 saturated heterocycles. The van der Waals surface area contributed by atoms with E-state index in [1.54, 1.807) is 11.8 Å². The van der Waals surface area contributed by atoms with Crippen molar-refractivity contribution in [2.75, 3.05) is 19.7 Å². The largest absolute Gasteiger partial charge is 0.394 e. The van der Waals surface area contributed by atoms with E-state index in [-0.39, 0.29) is 24.7 Å². The Kier molecular flexibility index (Phi) is 4.21. The molecular formula is C13H20N2O4. The number of aromatic nitrogens is 1. The number of aliphatic hydroxyl groups is 1. The number of carbonyl (C=O) groups is 1. The third kappa shape index (κ3) is 2.79. The van der Waals surface area contributed by atoms with E-state index in [1.807, 2.05) is 13.8 Å². The van der Waals surface area contributed by atoms with Gasteiger partial charge in [-0.2, -0.15) is 0 Å². The Bertz CT molecular complexity index is 457. The van der Waals surface area contributed by atoms with Crippen molar-refractivity contribution >= 4 is 5.91 Å². The highest BCUT2D eigenvalue weighted by molar-refractivity contribution is 5.96. The number of hydrogen-bond acceptors (Lipinski definition) is 5. The van der Waals surface area contributed by atoms with Gasteiger partial charge in [0.15, 0.2) is 0 Å². The highest BCUT2D eigenvalue weighted by Crippen LogP contribution is 2.20. The van der Waals surface area contributed by atoms with Crippen LogP contribution in [-0.2, 0) is 11.2 Å². The molecule has 0 bridgehead atoms.